The first-order chi connectivity index (χ1) is 15.1. The van der Waals surface area contributed by atoms with Crippen LogP contribution in [0.15, 0.2) is 0 Å². The summed E-state index contributed by atoms with van der Waals surface area (Å²) in [5.41, 5.74) is 0. The Balaban J connectivity index is 0. The second-order valence-electron chi connectivity index (χ2n) is 8.60. The van der Waals surface area contributed by atoms with Gasteiger partial charge in [-0.2, -0.15) is 9.35 Å². The Morgan fingerprint density at radius 3 is 1.03 bits per heavy atom. The van der Waals surface area contributed by atoms with Gasteiger partial charge < -0.3 is 4.89 Å². The Kier molecular flexibility index (Phi) is 31.1. The summed E-state index contributed by atoms with van der Waals surface area (Å²) in [6.07, 6.45) is 24.1. The summed E-state index contributed by atoms with van der Waals surface area (Å²) in [5.74, 6) is 0. The third kappa shape index (κ3) is 29.1. The molecule has 0 N–H and O–H groups in total. The van der Waals surface area contributed by atoms with Crippen molar-refractivity contribution in [2.24, 2.45) is 0 Å². The molecule has 0 atom stereocenters. The zero-order valence-electron chi connectivity index (χ0n) is 21.5. The number of phosphoric acid groups is 1. The molecular weight excluding hydrogens is 438 g/mol. The summed E-state index contributed by atoms with van der Waals surface area (Å²) in [6, 6.07) is 0. The maximum atomic E-state index is 11.5. The van der Waals surface area contributed by atoms with E-state index in [4.69, 9.17) is 9.78 Å². The standard InChI is InChI=1S/C24H51O6P.Na/c1-3-5-7-9-11-13-15-17-19-21-23-27-29-31(25,26)30-28-24-22-20-18-16-14-12-10-8-6-4-2;/h3-24H2,1-2H3,(H,25,26);/q;+1/p-1. The Hall–Kier alpha value is 1.03. The molecule has 32 heavy (non-hydrogen) atoms. The van der Waals surface area contributed by atoms with Gasteiger partial charge in [-0.3, -0.25) is 4.57 Å². The molecule has 0 radical (unpaired) electrons. The van der Waals surface area contributed by atoms with Gasteiger partial charge in [0.2, 0.25) is 0 Å². The van der Waals surface area contributed by atoms with Gasteiger partial charge in [-0.05, 0) is 12.8 Å². The number of hydrogen-bond donors (Lipinski definition) is 0. The molecule has 0 aromatic rings. The van der Waals surface area contributed by atoms with Crippen LogP contribution in [0.3, 0.4) is 0 Å². The van der Waals surface area contributed by atoms with E-state index in [9.17, 15) is 9.46 Å². The third-order valence-electron chi connectivity index (χ3n) is 5.45. The molecule has 0 fully saturated rings. The molecule has 188 valence electrons. The summed E-state index contributed by atoms with van der Waals surface area (Å²) in [7, 11) is -4.55. The van der Waals surface area contributed by atoms with Crippen molar-refractivity contribution in [2.75, 3.05) is 13.2 Å². The molecule has 0 aliphatic carbocycles. The van der Waals surface area contributed by atoms with Crippen LogP contribution in [0.2, 0.25) is 0 Å². The second kappa shape index (κ2) is 28.3. The normalized spacial score (nSPS) is 11.6. The summed E-state index contributed by atoms with van der Waals surface area (Å²) in [4.78, 5) is 21.0. The van der Waals surface area contributed by atoms with Crippen LogP contribution in [0.5, 0.6) is 0 Å². The zero-order valence-corrected chi connectivity index (χ0v) is 24.3. The van der Waals surface area contributed by atoms with Crippen molar-refractivity contribution in [2.45, 2.75) is 142 Å². The van der Waals surface area contributed by atoms with Gasteiger partial charge >= 0.3 is 37.4 Å². The molecule has 6 nitrogen and oxygen atoms in total. The third-order valence-corrected chi connectivity index (χ3v) is 6.03. The molecule has 0 saturated heterocycles. The van der Waals surface area contributed by atoms with Crippen LogP contribution < -0.4 is 34.5 Å². The van der Waals surface area contributed by atoms with Crippen molar-refractivity contribution >= 4 is 7.82 Å². The van der Waals surface area contributed by atoms with Crippen molar-refractivity contribution in [1.29, 1.82) is 0 Å². The van der Waals surface area contributed by atoms with Crippen molar-refractivity contribution in [3.05, 3.63) is 0 Å². The van der Waals surface area contributed by atoms with E-state index in [-0.39, 0.29) is 42.8 Å². The number of rotatable bonds is 26. The monoisotopic (exact) mass is 488 g/mol. The average Bonchev–Trinajstić information content (AvgIpc) is 2.75. The Morgan fingerprint density at radius 1 is 0.500 bits per heavy atom. The molecule has 0 spiro atoms. The minimum absolute atomic E-state index is 0. The van der Waals surface area contributed by atoms with Crippen LogP contribution in [0, 0.1) is 0 Å². The van der Waals surface area contributed by atoms with E-state index in [1.54, 1.807) is 0 Å². The molecule has 0 saturated carbocycles. The molecule has 0 aliphatic rings. The van der Waals surface area contributed by atoms with Crippen LogP contribution in [0.25, 0.3) is 0 Å². The molecule has 8 heteroatoms. The van der Waals surface area contributed by atoms with Gasteiger partial charge in [0.15, 0.2) is 0 Å². The Bertz CT molecular complexity index is 369. The van der Waals surface area contributed by atoms with Gasteiger partial charge in [-0.15, -0.1) is 0 Å². The summed E-state index contributed by atoms with van der Waals surface area (Å²) in [6.45, 7) is 4.95. The molecule has 0 rings (SSSR count). The summed E-state index contributed by atoms with van der Waals surface area (Å²) >= 11 is 0. The topological polar surface area (TPSA) is 77.1 Å². The molecule has 0 heterocycles. The minimum Gasteiger partial charge on any atom is -0.753 e. The van der Waals surface area contributed by atoms with Crippen molar-refractivity contribution in [3.63, 3.8) is 0 Å². The molecule has 0 unspecified atom stereocenters. The van der Waals surface area contributed by atoms with E-state index in [0.29, 0.717) is 0 Å². The fraction of sp³-hybridized carbons (Fsp3) is 1.00. The van der Waals surface area contributed by atoms with Gasteiger partial charge in [0.1, 0.15) is 0 Å². The largest absolute Gasteiger partial charge is 1.00 e. The van der Waals surface area contributed by atoms with Gasteiger partial charge in [0, 0.05) is 0 Å². The Morgan fingerprint density at radius 2 is 0.750 bits per heavy atom. The zero-order chi connectivity index (χ0) is 22.9. The molecular formula is C24H50NaO6P. The van der Waals surface area contributed by atoms with Crippen molar-refractivity contribution < 1.29 is 58.1 Å². The maximum Gasteiger partial charge on any atom is 1.00 e. The van der Waals surface area contributed by atoms with Gasteiger partial charge in [0.05, 0.1) is 13.2 Å². The van der Waals surface area contributed by atoms with Gasteiger partial charge in [-0.1, -0.05) is 129 Å². The first kappa shape index (κ1) is 35.2. The van der Waals surface area contributed by atoms with Crippen molar-refractivity contribution in [3.8, 4) is 0 Å². The van der Waals surface area contributed by atoms with Crippen LogP contribution in [-0.2, 0) is 23.7 Å². The summed E-state index contributed by atoms with van der Waals surface area (Å²) in [5, 5.41) is 0. The van der Waals surface area contributed by atoms with E-state index in [2.05, 4.69) is 23.2 Å². The van der Waals surface area contributed by atoms with Gasteiger partial charge in [0.25, 0.3) is 0 Å². The molecule has 0 aliphatic heterocycles. The fourth-order valence-electron chi connectivity index (χ4n) is 3.51. The predicted molar refractivity (Wildman–Crippen MR) is 125 cm³/mol. The van der Waals surface area contributed by atoms with E-state index in [1.807, 2.05) is 0 Å². The average molecular weight is 489 g/mol. The number of hydrogen-bond acceptors (Lipinski definition) is 6. The summed E-state index contributed by atoms with van der Waals surface area (Å²) < 4.78 is 20.3. The van der Waals surface area contributed by atoms with Crippen molar-refractivity contribution in [1.82, 2.24) is 0 Å². The van der Waals surface area contributed by atoms with Crippen LogP contribution in [0.1, 0.15) is 142 Å². The van der Waals surface area contributed by atoms with Crippen LogP contribution in [0.4, 0.5) is 0 Å². The first-order valence-corrected chi connectivity index (χ1v) is 14.5. The van der Waals surface area contributed by atoms with E-state index >= 15 is 0 Å². The molecule has 0 aromatic carbocycles. The SMILES string of the molecule is CCCCCCCCCCCCOOP(=O)([O-])OOCCCCCCCCCCCC.[Na+]. The molecule has 0 amide bonds. The van der Waals surface area contributed by atoms with Crippen LogP contribution in [-0.4, -0.2) is 13.2 Å². The fourth-order valence-corrected chi connectivity index (χ4v) is 3.95. The Labute approximate surface area is 220 Å². The quantitative estimate of drug-likeness (QED) is 0.0548. The molecule has 0 aromatic heterocycles. The predicted octanol–water partition coefficient (Wildman–Crippen LogP) is 5.20. The maximum absolute atomic E-state index is 11.5. The van der Waals surface area contributed by atoms with E-state index < -0.39 is 7.82 Å². The van der Waals surface area contributed by atoms with Gasteiger partial charge in [-0.25, -0.2) is 9.78 Å². The van der Waals surface area contributed by atoms with E-state index in [1.165, 1.54) is 89.9 Å². The second-order valence-corrected chi connectivity index (χ2v) is 9.80. The smallest absolute Gasteiger partial charge is 0.753 e. The van der Waals surface area contributed by atoms with E-state index in [0.717, 1.165) is 38.5 Å². The molecule has 0 bridgehead atoms. The first-order valence-electron chi connectivity index (χ1n) is 13.1. The number of unbranched alkanes of at least 4 members (excludes halogenated alkanes) is 18. The minimum atomic E-state index is -4.55. The van der Waals surface area contributed by atoms with Crippen LogP contribution >= 0.6 is 7.82 Å².